The molecule has 2 N–H and O–H groups in total. The Bertz CT molecular complexity index is 489. The van der Waals surface area contributed by atoms with Crippen molar-refractivity contribution in [1.82, 2.24) is 5.32 Å². The first-order chi connectivity index (χ1) is 8.84. The molecule has 1 heterocycles. The number of carbonyl (C=O) groups is 1. The molecule has 4 heteroatoms. The summed E-state index contributed by atoms with van der Waals surface area (Å²) < 4.78 is 5.60. The summed E-state index contributed by atoms with van der Waals surface area (Å²) in [5.41, 5.74) is 1.52. The molecule has 94 valence electrons. The van der Waals surface area contributed by atoms with Gasteiger partial charge in [-0.05, 0) is 25.0 Å². The normalized spacial score (nSPS) is 17.8. The monoisotopic (exact) mass is 244 g/mol. The van der Waals surface area contributed by atoms with Crippen LogP contribution in [0.1, 0.15) is 23.2 Å². The fraction of sp³-hybridized carbons (Fsp3) is 0.357. The first-order valence-corrected chi connectivity index (χ1v) is 6.30. The lowest BCUT2D eigenvalue weighted by molar-refractivity contribution is 0.0935. The lowest BCUT2D eigenvalue weighted by Crippen LogP contribution is -2.33. The van der Waals surface area contributed by atoms with Crippen LogP contribution in [0.3, 0.4) is 0 Å². The van der Waals surface area contributed by atoms with E-state index in [1.54, 1.807) is 0 Å². The quantitative estimate of drug-likeness (QED) is 0.782. The highest BCUT2D eigenvalue weighted by atomic mass is 16.5. The molecule has 0 spiro atoms. The Balaban J connectivity index is 1.80. The van der Waals surface area contributed by atoms with Gasteiger partial charge in [0, 0.05) is 12.6 Å². The van der Waals surface area contributed by atoms with Crippen molar-refractivity contribution in [3.63, 3.8) is 0 Å². The Morgan fingerprint density at radius 3 is 3.00 bits per heavy atom. The van der Waals surface area contributed by atoms with Crippen LogP contribution in [0, 0.1) is 0 Å². The Morgan fingerprint density at radius 1 is 1.33 bits per heavy atom. The predicted molar refractivity (Wildman–Crippen MR) is 70.1 cm³/mol. The third kappa shape index (κ3) is 2.06. The first-order valence-electron chi connectivity index (χ1n) is 6.30. The largest absolute Gasteiger partial charge is 0.489 e. The number of amides is 1. The maximum absolute atomic E-state index is 12.2. The van der Waals surface area contributed by atoms with Crippen LogP contribution in [0.4, 0.5) is 5.69 Å². The van der Waals surface area contributed by atoms with Crippen molar-refractivity contribution >= 4 is 11.6 Å². The number of rotatable bonds is 2. The van der Waals surface area contributed by atoms with Crippen molar-refractivity contribution in [1.29, 1.82) is 0 Å². The lowest BCUT2D eigenvalue weighted by atomic mass is 10.1. The number of hydrogen-bond acceptors (Lipinski definition) is 3. The van der Waals surface area contributed by atoms with Crippen LogP contribution in [-0.2, 0) is 0 Å². The van der Waals surface area contributed by atoms with Gasteiger partial charge >= 0.3 is 0 Å². The van der Waals surface area contributed by atoms with E-state index in [2.05, 4.69) is 22.8 Å². The van der Waals surface area contributed by atoms with Gasteiger partial charge in [0.1, 0.15) is 6.61 Å². The molecule has 1 aliphatic heterocycles. The minimum absolute atomic E-state index is 0.0516. The third-order valence-corrected chi connectivity index (χ3v) is 3.27. The summed E-state index contributed by atoms with van der Waals surface area (Å²) in [6, 6.07) is 5.85. The second-order valence-corrected chi connectivity index (χ2v) is 4.57. The smallest absolute Gasteiger partial charge is 0.255 e. The molecule has 1 amide bonds. The topological polar surface area (TPSA) is 50.4 Å². The van der Waals surface area contributed by atoms with E-state index in [0.29, 0.717) is 17.9 Å². The summed E-state index contributed by atoms with van der Waals surface area (Å²) in [5.74, 6) is 0.622. The second kappa shape index (κ2) is 4.72. The van der Waals surface area contributed by atoms with Crippen LogP contribution in [0.2, 0.25) is 0 Å². The second-order valence-electron chi connectivity index (χ2n) is 4.57. The molecule has 0 bridgehead atoms. The van der Waals surface area contributed by atoms with Gasteiger partial charge in [0.15, 0.2) is 5.75 Å². The Hall–Kier alpha value is -1.97. The van der Waals surface area contributed by atoms with E-state index in [9.17, 15) is 4.79 Å². The highest BCUT2D eigenvalue weighted by Crippen LogP contribution is 2.31. The molecule has 1 aliphatic carbocycles. The summed E-state index contributed by atoms with van der Waals surface area (Å²) in [7, 11) is 0. The van der Waals surface area contributed by atoms with E-state index >= 15 is 0 Å². The molecule has 0 fully saturated rings. The number of benzene rings is 1. The van der Waals surface area contributed by atoms with Crippen molar-refractivity contribution in [2.45, 2.75) is 18.9 Å². The SMILES string of the molecule is O=C(NC1CC=CC1)c1cccc2c1OCCN2. The predicted octanol–water partition coefficient (Wildman–Crippen LogP) is 1.94. The van der Waals surface area contributed by atoms with Gasteiger partial charge in [0.2, 0.25) is 0 Å². The highest BCUT2D eigenvalue weighted by Gasteiger charge is 2.21. The molecule has 0 aromatic heterocycles. The number of ether oxygens (including phenoxy) is 1. The number of hydrogen-bond donors (Lipinski definition) is 2. The molecule has 18 heavy (non-hydrogen) atoms. The van der Waals surface area contributed by atoms with E-state index in [1.807, 2.05) is 18.2 Å². The van der Waals surface area contributed by atoms with Crippen LogP contribution < -0.4 is 15.4 Å². The molecule has 4 nitrogen and oxygen atoms in total. The Labute approximate surface area is 106 Å². The number of fused-ring (bicyclic) bond motifs is 1. The number of carbonyl (C=O) groups excluding carboxylic acids is 1. The summed E-state index contributed by atoms with van der Waals surface area (Å²) in [4.78, 5) is 12.2. The van der Waals surface area contributed by atoms with E-state index in [0.717, 1.165) is 25.1 Å². The summed E-state index contributed by atoms with van der Waals surface area (Å²) >= 11 is 0. The Kier molecular flexibility index (Phi) is 2.92. The molecule has 1 aromatic carbocycles. The minimum Gasteiger partial charge on any atom is -0.489 e. The molecule has 0 unspecified atom stereocenters. The zero-order valence-electron chi connectivity index (χ0n) is 10.1. The van der Waals surface area contributed by atoms with E-state index in [4.69, 9.17) is 4.74 Å². The van der Waals surface area contributed by atoms with Crippen LogP contribution >= 0.6 is 0 Å². The number of nitrogens with one attached hydrogen (secondary N) is 2. The molecular formula is C14H16N2O2. The van der Waals surface area contributed by atoms with E-state index in [-0.39, 0.29) is 11.9 Å². The van der Waals surface area contributed by atoms with Gasteiger partial charge in [-0.2, -0.15) is 0 Å². The van der Waals surface area contributed by atoms with Gasteiger partial charge in [-0.3, -0.25) is 4.79 Å². The van der Waals surface area contributed by atoms with Gasteiger partial charge < -0.3 is 15.4 Å². The standard InChI is InChI=1S/C14H16N2O2/c17-14(16-10-4-1-2-5-10)11-6-3-7-12-13(11)18-9-8-15-12/h1-3,6-7,10,15H,4-5,8-9H2,(H,16,17). The molecule has 0 radical (unpaired) electrons. The van der Waals surface area contributed by atoms with E-state index < -0.39 is 0 Å². The average molecular weight is 244 g/mol. The van der Waals surface area contributed by atoms with Crippen LogP contribution in [-0.4, -0.2) is 25.1 Å². The maximum Gasteiger partial charge on any atom is 0.255 e. The number of para-hydroxylation sites is 1. The molecule has 0 saturated carbocycles. The van der Waals surface area contributed by atoms with Crippen molar-refractivity contribution in [2.24, 2.45) is 0 Å². The van der Waals surface area contributed by atoms with Gasteiger partial charge in [-0.15, -0.1) is 0 Å². The van der Waals surface area contributed by atoms with Crippen LogP contribution in [0.25, 0.3) is 0 Å². The zero-order chi connectivity index (χ0) is 12.4. The highest BCUT2D eigenvalue weighted by molar-refractivity contribution is 5.99. The summed E-state index contributed by atoms with van der Waals surface area (Å²) in [5, 5.41) is 6.27. The fourth-order valence-electron chi connectivity index (χ4n) is 2.35. The minimum atomic E-state index is -0.0516. The summed E-state index contributed by atoms with van der Waals surface area (Å²) in [6.45, 7) is 1.38. The van der Waals surface area contributed by atoms with Crippen molar-refractivity contribution in [3.8, 4) is 5.75 Å². The van der Waals surface area contributed by atoms with Gasteiger partial charge in [0.05, 0.1) is 11.3 Å². The van der Waals surface area contributed by atoms with Gasteiger partial charge in [-0.1, -0.05) is 18.2 Å². The van der Waals surface area contributed by atoms with Gasteiger partial charge in [-0.25, -0.2) is 0 Å². The summed E-state index contributed by atoms with van der Waals surface area (Å²) in [6.07, 6.45) is 6.03. The average Bonchev–Trinajstić information content (AvgIpc) is 2.91. The van der Waals surface area contributed by atoms with Gasteiger partial charge in [0.25, 0.3) is 5.91 Å². The van der Waals surface area contributed by atoms with Crippen molar-refractivity contribution in [2.75, 3.05) is 18.5 Å². The molecular weight excluding hydrogens is 228 g/mol. The molecule has 0 saturated heterocycles. The lowest BCUT2D eigenvalue weighted by Gasteiger charge is -2.22. The third-order valence-electron chi connectivity index (χ3n) is 3.27. The van der Waals surface area contributed by atoms with Crippen LogP contribution in [0.15, 0.2) is 30.4 Å². The molecule has 3 rings (SSSR count). The molecule has 2 aliphatic rings. The molecule has 1 aromatic rings. The first kappa shape index (κ1) is 11.1. The van der Waals surface area contributed by atoms with E-state index in [1.165, 1.54) is 0 Å². The van der Waals surface area contributed by atoms with Crippen molar-refractivity contribution < 1.29 is 9.53 Å². The zero-order valence-corrected chi connectivity index (χ0v) is 10.1. The maximum atomic E-state index is 12.2. The van der Waals surface area contributed by atoms with Crippen LogP contribution in [0.5, 0.6) is 5.75 Å². The Morgan fingerprint density at radius 2 is 2.17 bits per heavy atom. The van der Waals surface area contributed by atoms with Crippen molar-refractivity contribution in [3.05, 3.63) is 35.9 Å². The fourth-order valence-corrected chi connectivity index (χ4v) is 2.35. The molecule has 0 atom stereocenters. The number of anilines is 1.